The predicted molar refractivity (Wildman–Crippen MR) is 33.6 cm³/mol. The number of pyridine rings is 1. The highest BCUT2D eigenvalue weighted by atomic mass is 19.1. The SMILES string of the molecule is N#Cc1cnc(C#N)c(F)c1. The van der Waals surface area contributed by atoms with Crippen LogP contribution in [0.2, 0.25) is 0 Å². The molecular weight excluding hydrogens is 145 g/mol. The standard InChI is InChI=1S/C7H2FN3/c8-6-1-5(2-9)4-11-7(6)3-10/h1,4H. The fraction of sp³-hybridized carbons (Fsp3) is 0. The molecule has 0 saturated carbocycles. The summed E-state index contributed by atoms with van der Waals surface area (Å²) in [6, 6.07) is 4.24. The molecule has 0 fully saturated rings. The summed E-state index contributed by atoms with van der Waals surface area (Å²) in [5.74, 6) is -0.758. The van der Waals surface area contributed by atoms with Crippen LogP contribution in [0.3, 0.4) is 0 Å². The Hall–Kier alpha value is -1.94. The third-order valence-corrected chi connectivity index (χ3v) is 1.08. The van der Waals surface area contributed by atoms with E-state index in [-0.39, 0.29) is 11.3 Å². The van der Waals surface area contributed by atoms with E-state index < -0.39 is 5.82 Å². The van der Waals surface area contributed by atoms with Crippen molar-refractivity contribution < 1.29 is 4.39 Å². The number of rotatable bonds is 0. The Morgan fingerprint density at radius 2 is 2.09 bits per heavy atom. The highest BCUT2D eigenvalue weighted by Gasteiger charge is 2.02. The van der Waals surface area contributed by atoms with Gasteiger partial charge in [0.2, 0.25) is 0 Å². The Balaban J connectivity index is 3.25. The Kier molecular flexibility index (Phi) is 1.80. The van der Waals surface area contributed by atoms with Gasteiger partial charge >= 0.3 is 0 Å². The van der Waals surface area contributed by atoms with E-state index in [9.17, 15) is 4.39 Å². The summed E-state index contributed by atoms with van der Waals surface area (Å²) in [6.45, 7) is 0. The molecule has 0 bridgehead atoms. The molecule has 0 aliphatic heterocycles. The first-order valence-corrected chi connectivity index (χ1v) is 2.73. The van der Waals surface area contributed by atoms with E-state index in [0.717, 1.165) is 12.3 Å². The van der Waals surface area contributed by atoms with Gasteiger partial charge in [0.15, 0.2) is 11.5 Å². The molecule has 1 aromatic rings. The monoisotopic (exact) mass is 147 g/mol. The maximum atomic E-state index is 12.6. The normalized spacial score (nSPS) is 8.27. The second-order valence-corrected chi connectivity index (χ2v) is 1.78. The van der Waals surface area contributed by atoms with Gasteiger partial charge in [0, 0.05) is 6.20 Å². The first kappa shape index (κ1) is 7.17. The highest BCUT2D eigenvalue weighted by molar-refractivity contribution is 5.31. The van der Waals surface area contributed by atoms with Crippen molar-refractivity contribution in [3.05, 3.63) is 29.3 Å². The van der Waals surface area contributed by atoms with Crippen molar-refractivity contribution >= 4 is 0 Å². The lowest BCUT2D eigenvalue weighted by molar-refractivity contribution is 0.616. The van der Waals surface area contributed by atoms with Crippen molar-refractivity contribution in [1.29, 1.82) is 10.5 Å². The molecule has 1 aromatic heterocycles. The lowest BCUT2D eigenvalue weighted by atomic mass is 10.2. The predicted octanol–water partition coefficient (Wildman–Crippen LogP) is 0.964. The highest BCUT2D eigenvalue weighted by Crippen LogP contribution is 2.04. The van der Waals surface area contributed by atoms with Crippen molar-refractivity contribution in [2.75, 3.05) is 0 Å². The quantitative estimate of drug-likeness (QED) is 0.549. The van der Waals surface area contributed by atoms with E-state index in [1.54, 1.807) is 12.1 Å². The summed E-state index contributed by atoms with van der Waals surface area (Å²) in [4.78, 5) is 3.41. The van der Waals surface area contributed by atoms with Crippen LogP contribution in [0, 0.1) is 28.5 Å². The van der Waals surface area contributed by atoms with Gasteiger partial charge < -0.3 is 0 Å². The summed E-state index contributed by atoms with van der Waals surface area (Å²) in [5.41, 5.74) is -0.175. The molecule has 0 N–H and O–H groups in total. The average Bonchev–Trinajstić information content (AvgIpc) is 2.04. The molecule has 0 aliphatic rings. The minimum Gasteiger partial charge on any atom is -0.241 e. The fourth-order valence-corrected chi connectivity index (χ4v) is 0.581. The Bertz CT molecular complexity index is 359. The summed E-state index contributed by atoms with van der Waals surface area (Å²) < 4.78 is 12.6. The number of nitriles is 2. The number of hydrogen-bond acceptors (Lipinski definition) is 3. The van der Waals surface area contributed by atoms with E-state index in [1.807, 2.05) is 0 Å². The Morgan fingerprint density at radius 1 is 1.36 bits per heavy atom. The summed E-state index contributed by atoms with van der Waals surface area (Å²) >= 11 is 0. The molecule has 0 radical (unpaired) electrons. The molecule has 0 amide bonds. The van der Waals surface area contributed by atoms with Gasteiger partial charge in [0.05, 0.1) is 5.56 Å². The summed E-state index contributed by atoms with van der Waals surface area (Å²) in [7, 11) is 0. The van der Waals surface area contributed by atoms with Gasteiger partial charge in [-0.05, 0) is 6.07 Å². The Labute approximate surface area is 62.3 Å². The van der Waals surface area contributed by atoms with E-state index in [4.69, 9.17) is 10.5 Å². The number of nitrogens with zero attached hydrogens (tertiary/aromatic N) is 3. The minimum atomic E-state index is -0.758. The molecule has 3 nitrogen and oxygen atoms in total. The van der Waals surface area contributed by atoms with Gasteiger partial charge in [-0.3, -0.25) is 0 Å². The van der Waals surface area contributed by atoms with E-state index in [1.165, 1.54) is 0 Å². The van der Waals surface area contributed by atoms with Crippen LogP contribution in [-0.4, -0.2) is 4.98 Å². The minimum absolute atomic E-state index is 0.113. The molecule has 0 unspecified atom stereocenters. The molecule has 52 valence electrons. The number of halogens is 1. The lowest BCUT2D eigenvalue weighted by Crippen LogP contribution is -1.89. The molecule has 0 aromatic carbocycles. The topological polar surface area (TPSA) is 60.5 Å². The van der Waals surface area contributed by atoms with Gasteiger partial charge in [0.25, 0.3) is 0 Å². The van der Waals surface area contributed by atoms with E-state index in [2.05, 4.69) is 4.98 Å². The van der Waals surface area contributed by atoms with Crippen LogP contribution in [-0.2, 0) is 0 Å². The molecule has 0 aliphatic carbocycles. The number of hydrogen-bond donors (Lipinski definition) is 0. The largest absolute Gasteiger partial charge is 0.241 e. The van der Waals surface area contributed by atoms with E-state index >= 15 is 0 Å². The van der Waals surface area contributed by atoms with Crippen LogP contribution < -0.4 is 0 Å². The second kappa shape index (κ2) is 2.76. The van der Waals surface area contributed by atoms with Crippen LogP contribution in [0.1, 0.15) is 11.3 Å². The molecular formula is C7H2FN3. The molecule has 0 atom stereocenters. The average molecular weight is 147 g/mol. The molecule has 11 heavy (non-hydrogen) atoms. The van der Waals surface area contributed by atoms with Crippen LogP contribution in [0.4, 0.5) is 4.39 Å². The second-order valence-electron chi connectivity index (χ2n) is 1.78. The molecule has 4 heteroatoms. The maximum absolute atomic E-state index is 12.6. The number of aromatic nitrogens is 1. The van der Waals surface area contributed by atoms with E-state index in [0.29, 0.717) is 0 Å². The van der Waals surface area contributed by atoms with Crippen molar-refractivity contribution in [1.82, 2.24) is 4.98 Å². The van der Waals surface area contributed by atoms with Crippen molar-refractivity contribution in [2.45, 2.75) is 0 Å². The van der Waals surface area contributed by atoms with Gasteiger partial charge in [-0.2, -0.15) is 10.5 Å². The summed E-state index contributed by atoms with van der Waals surface area (Å²) in [5, 5.41) is 16.5. The van der Waals surface area contributed by atoms with Crippen molar-refractivity contribution in [3.63, 3.8) is 0 Å². The van der Waals surface area contributed by atoms with Gasteiger partial charge in [-0.25, -0.2) is 9.37 Å². The van der Waals surface area contributed by atoms with Crippen LogP contribution in [0.15, 0.2) is 12.3 Å². The van der Waals surface area contributed by atoms with Crippen molar-refractivity contribution in [2.24, 2.45) is 0 Å². The third kappa shape index (κ3) is 1.31. The van der Waals surface area contributed by atoms with Crippen molar-refractivity contribution in [3.8, 4) is 12.1 Å². The third-order valence-electron chi connectivity index (χ3n) is 1.08. The molecule has 1 heterocycles. The smallest absolute Gasteiger partial charge is 0.176 e. The van der Waals surface area contributed by atoms with Crippen LogP contribution in [0.25, 0.3) is 0 Å². The van der Waals surface area contributed by atoms with Crippen LogP contribution >= 0.6 is 0 Å². The van der Waals surface area contributed by atoms with Gasteiger partial charge in [0.1, 0.15) is 12.1 Å². The molecule has 1 rings (SSSR count). The Morgan fingerprint density at radius 3 is 2.55 bits per heavy atom. The summed E-state index contributed by atoms with van der Waals surface area (Å²) in [6.07, 6.45) is 1.15. The molecule has 0 spiro atoms. The zero-order valence-corrected chi connectivity index (χ0v) is 5.37. The zero-order valence-electron chi connectivity index (χ0n) is 5.37. The van der Waals surface area contributed by atoms with Gasteiger partial charge in [-0.1, -0.05) is 0 Å². The fourth-order valence-electron chi connectivity index (χ4n) is 0.581. The first-order valence-electron chi connectivity index (χ1n) is 2.73. The maximum Gasteiger partial charge on any atom is 0.176 e. The van der Waals surface area contributed by atoms with Crippen LogP contribution in [0.5, 0.6) is 0 Å². The zero-order chi connectivity index (χ0) is 8.27. The lowest BCUT2D eigenvalue weighted by Gasteiger charge is -1.90. The first-order chi connectivity index (χ1) is 5.27. The van der Waals surface area contributed by atoms with Gasteiger partial charge in [-0.15, -0.1) is 0 Å². The molecule has 0 saturated heterocycles.